The topological polar surface area (TPSA) is 98.5 Å². The molecule has 0 unspecified atom stereocenters. The molecular formula is C47H60FN5O5SSi. The molecule has 6 rings (SSSR count). The van der Waals surface area contributed by atoms with E-state index in [1.807, 2.05) is 94.0 Å². The van der Waals surface area contributed by atoms with Gasteiger partial charge in [0.05, 0.1) is 16.8 Å². The molecule has 5 aromatic rings. The van der Waals surface area contributed by atoms with Crippen molar-refractivity contribution in [3.05, 3.63) is 117 Å². The quantitative estimate of drug-likeness (QED) is 0.0519. The molecule has 0 atom stereocenters. The summed E-state index contributed by atoms with van der Waals surface area (Å²) in [6.07, 6.45) is 3.46. The number of aromatic nitrogens is 2. The van der Waals surface area contributed by atoms with Gasteiger partial charge in [-0.25, -0.2) is 14.2 Å². The number of anilines is 1. The summed E-state index contributed by atoms with van der Waals surface area (Å²) in [7, 11) is 2.79. The molecule has 1 aliphatic heterocycles. The first-order chi connectivity index (χ1) is 28.5. The molecule has 0 radical (unpaired) electrons. The third-order valence-electron chi connectivity index (χ3n) is 10.3. The molecule has 0 saturated carbocycles. The number of carbonyl (C=O) groups is 2. The number of carbonyl (C=O) groups excluding carboxylic acids is 2. The Hall–Kier alpha value is -4.69. The number of halogens is 1. The number of nitrogens with zero attached hydrogens (tertiary/aromatic N) is 5. The van der Waals surface area contributed by atoms with E-state index in [4.69, 9.17) is 24.2 Å². The molecule has 320 valence electrons. The lowest BCUT2D eigenvalue weighted by molar-refractivity contribution is 0.00613. The lowest BCUT2D eigenvalue weighted by atomic mass is 9.94. The maximum atomic E-state index is 14.9. The van der Waals surface area contributed by atoms with E-state index in [2.05, 4.69) is 35.5 Å². The second kappa shape index (κ2) is 19.8. The number of benzene rings is 3. The van der Waals surface area contributed by atoms with Gasteiger partial charge in [-0.2, -0.15) is 4.99 Å². The first-order valence-electron chi connectivity index (χ1n) is 20.9. The van der Waals surface area contributed by atoms with Crippen LogP contribution in [0.2, 0.25) is 25.7 Å². The summed E-state index contributed by atoms with van der Waals surface area (Å²) in [6.45, 7) is 15.7. The van der Waals surface area contributed by atoms with Gasteiger partial charge < -0.3 is 24.0 Å². The predicted octanol–water partition coefficient (Wildman–Crippen LogP) is 9.31. The number of amides is 1. The molecule has 10 nitrogen and oxygen atoms in total. The van der Waals surface area contributed by atoms with Crippen molar-refractivity contribution in [1.29, 1.82) is 0 Å². The van der Waals surface area contributed by atoms with E-state index < -0.39 is 19.6 Å². The number of ether oxygens (including phenoxy) is 3. The number of para-hydroxylation sites is 1. The van der Waals surface area contributed by atoms with Crippen molar-refractivity contribution in [3.8, 4) is 5.75 Å². The van der Waals surface area contributed by atoms with Gasteiger partial charge in [-0.3, -0.25) is 9.36 Å². The monoisotopic (exact) mass is 853 g/mol. The van der Waals surface area contributed by atoms with Crippen LogP contribution in [0.4, 0.5) is 10.2 Å². The van der Waals surface area contributed by atoms with E-state index in [9.17, 15) is 14.0 Å². The average Bonchev–Trinajstić information content (AvgIpc) is 3.53. The summed E-state index contributed by atoms with van der Waals surface area (Å²) in [5.41, 5.74) is 4.69. The number of aryl methyl sites for hydroxylation is 2. The number of fused-ring (bicyclic) bond motifs is 2. The molecule has 0 bridgehead atoms. The predicted molar refractivity (Wildman–Crippen MR) is 242 cm³/mol. The first kappa shape index (κ1) is 44.8. The lowest BCUT2D eigenvalue weighted by Crippen LogP contribution is -2.33. The van der Waals surface area contributed by atoms with Crippen molar-refractivity contribution in [1.82, 2.24) is 14.5 Å². The Morgan fingerprint density at radius 3 is 2.52 bits per heavy atom. The maximum absolute atomic E-state index is 14.9. The molecule has 13 heteroatoms. The fourth-order valence-corrected chi connectivity index (χ4v) is 8.88. The molecule has 0 saturated heterocycles. The SMILES string of the molecule is CN(C)CCCc1ccc(OCCCc2ccc(N3CCc4cccc(C(=O)N=c5sc6ccccc6n5COCC[Si](C)(C)C)c4C3)nc2C(=O)OC(C)(C)C)c(F)c1. The zero-order valence-electron chi connectivity index (χ0n) is 36.5. The van der Waals surface area contributed by atoms with Crippen molar-refractivity contribution in [3.63, 3.8) is 0 Å². The normalized spacial score (nSPS) is 13.6. The minimum absolute atomic E-state index is 0.216. The summed E-state index contributed by atoms with van der Waals surface area (Å²) in [5, 5.41) is 0. The van der Waals surface area contributed by atoms with E-state index in [1.165, 1.54) is 11.3 Å². The van der Waals surface area contributed by atoms with Crippen LogP contribution in [-0.4, -0.2) is 80.4 Å². The molecule has 1 aliphatic rings. The summed E-state index contributed by atoms with van der Waals surface area (Å²) < 4.78 is 35.7. The minimum Gasteiger partial charge on any atom is -0.491 e. The third-order valence-corrected chi connectivity index (χ3v) is 13.1. The molecule has 0 N–H and O–H groups in total. The highest BCUT2D eigenvalue weighted by Gasteiger charge is 2.27. The maximum Gasteiger partial charge on any atom is 0.357 e. The highest BCUT2D eigenvalue weighted by Crippen LogP contribution is 2.29. The van der Waals surface area contributed by atoms with Crippen molar-refractivity contribution < 1.29 is 28.2 Å². The second-order valence-electron chi connectivity index (χ2n) is 18.0. The average molecular weight is 854 g/mol. The Kier molecular flexibility index (Phi) is 14.8. The van der Waals surface area contributed by atoms with Gasteiger partial charge >= 0.3 is 5.97 Å². The van der Waals surface area contributed by atoms with Crippen LogP contribution in [0.5, 0.6) is 5.75 Å². The number of rotatable bonds is 17. The van der Waals surface area contributed by atoms with Crippen molar-refractivity contribution >= 4 is 47.3 Å². The molecule has 0 fully saturated rings. The minimum atomic E-state index is -1.27. The second-order valence-corrected chi connectivity index (χ2v) is 24.6. The summed E-state index contributed by atoms with van der Waals surface area (Å²) >= 11 is 1.48. The number of pyridine rings is 1. The Morgan fingerprint density at radius 2 is 1.77 bits per heavy atom. The van der Waals surface area contributed by atoms with Crippen LogP contribution in [0.15, 0.2) is 77.8 Å². The standard InChI is InChI=1S/C47H60FN5O5SSi/c1-47(2,3)58-45(55)43-35(16-13-27-57-40-22-20-33(30-38(40)48)14-12-25-51(4)5)21-23-42(49-43)52-26-24-34-15-11-17-36(37(34)31-52)44(54)50-46-53(32-56-28-29-60(6,7)8)39-18-9-10-19-41(39)59-46/h9-11,15,17-23,30H,12-14,16,24-29,31-32H2,1-8H3. The Labute approximate surface area is 359 Å². The zero-order chi connectivity index (χ0) is 43.0. The molecular weight excluding hydrogens is 794 g/mol. The number of hydrogen-bond donors (Lipinski definition) is 0. The van der Waals surface area contributed by atoms with Gasteiger partial charge in [-0.15, -0.1) is 0 Å². The Morgan fingerprint density at radius 1 is 0.967 bits per heavy atom. The molecule has 2 aromatic heterocycles. The van der Waals surface area contributed by atoms with Crippen LogP contribution in [0.1, 0.15) is 76.7 Å². The molecule has 3 heterocycles. The molecule has 0 spiro atoms. The van der Waals surface area contributed by atoms with E-state index in [0.29, 0.717) is 61.9 Å². The van der Waals surface area contributed by atoms with E-state index in [-0.39, 0.29) is 29.8 Å². The van der Waals surface area contributed by atoms with Crippen LogP contribution in [-0.2, 0) is 42.0 Å². The summed E-state index contributed by atoms with van der Waals surface area (Å²) in [4.78, 5) is 42.2. The molecule has 0 aliphatic carbocycles. The Balaban J connectivity index is 1.19. The van der Waals surface area contributed by atoms with Gasteiger partial charge in [0, 0.05) is 33.3 Å². The van der Waals surface area contributed by atoms with Gasteiger partial charge in [0.25, 0.3) is 5.91 Å². The largest absolute Gasteiger partial charge is 0.491 e. The van der Waals surface area contributed by atoms with Gasteiger partial charge in [0.2, 0.25) is 0 Å². The van der Waals surface area contributed by atoms with Crippen LogP contribution in [0.3, 0.4) is 0 Å². The van der Waals surface area contributed by atoms with E-state index >= 15 is 0 Å². The van der Waals surface area contributed by atoms with Gasteiger partial charge in [0.15, 0.2) is 22.1 Å². The fraction of sp³-hybridized carbons (Fsp3) is 0.447. The van der Waals surface area contributed by atoms with E-state index in [1.54, 1.807) is 12.1 Å². The zero-order valence-corrected chi connectivity index (χ0v) is 38.3. The fourth-order valence-electron chi connectivity index (χ4n) is 7.11. The smallest absolute Gasteiger partial charge is 0.357 e. The molecule has 60 heavy (non-hydrogen) atoms. The first-order valence-corrected chi connectivity index (χ1v) is 25.5. The van der Waals surface area contributed by atoms with Crippen LogP contribution in [0, 0.1) is 5.82 Å². The van der Waals surface area contributed by atoms with Gasteiger partial charge in [-0.1, -0.05) is 67.4 Å². The third kappa shape index (κ3) is 12.2. The summed E-state index contributed by atoms with van der Waals surface area (Å²) in [6, 6.07) is 23.9. The number of esters is 1. The van der Waals surface area contributed by atoms with Gasteiger partial charge in [-0.05, 0) is 138 Å². The van der Waals surface area contributed by atoms with Crippen molar-refractivity contribution in [2.75, 3.05) is 45.3 Å². The lowest BCUT2D eigenvalue weighted by Gasteiger charge is -2.31. The number of thiazole rings is 1. The highest BCUT2D eigenvalue weighted by molar-refractivity contribution is 7.16. The summed E-state index contributed by atoms with van der Waals surface area (Å²) in [5.74, 6) is -0.364. The highest BCUT2D eigenvalue weighted by atomic mass is 32.1. The van der Waals surface area contributed by atoms with Crippen LogP contribution >= 0.6 is 11.3 Å². The van der Waals surface area contributed by atoms with Crippen LogP contribution in [0.25, 0.3) is 10.2 Å². The molecule has 1 amide bonds. The Bertz CT molecular complexity index is 2360. The van der Waals surface area contributed by atoms with E-state index in [0.717, 1.165) is 57.9 Å². The van der Waals surface area contributed by atoms with Crippen molar-refractivity contribution in [2.45, 2.75) is 97.4 Å². The van der Waals surface area contributed by atoms with Crippen LogP contribution < -0.4 is 14.4 Å². The number of hydrogen-bond acceptors (Lipinski definition) is 9. The molecule has 3 aromatic carbocycles. The van der Waals surface area contributed by atoms with Gasteiger partial charge in [0.1, 0.15) is 18.1 Å². The van der Waals surface area contributed by atoms with Crippen molar-refractivity contribution in [2.24, 2.45) is 4.99 Å².